The van der Waals surface area contributed by atoms with Crippen molar-refractivity contribution >= 4 is 45.7 Å². The molecule has 0 bridgehead atoms. The number of carbonyl (C=O) groups is 1. The molecule has 0 saturated heterocycles. The molecule has 2 aromatic carbocycles. The van der Waals surface area contributed by atoms with E-state index < -0.39 is 16.1 Å². The van der Waals surface area contributed by atoms with Crippen molar-refractivity contribution < 1.29 is 17.9 Å². The van der Waals surface area contributed by atoms with Crippen LogP contribution in [0.2, 0.25) is 0 Å². The van der Waals surface area contributed by atoms with Gasteiger partial charge in [-0.05, 0) is 63.0 Å². The third-order valence-corrected chi connectivity index (χ3v) is 7.49. The Bertz CT molecular complexity index is 1100. The Morgan fingerprint density at radius 2 is 1.17 bits per heavy atom. The van der Waals surface area contributed by atoms with Crippen LogP contribution in [-0.4, -0.2) is 44.1 Å². The van der Waals surface area contributed by atoms with Crippen molar-refractivity contribution in [3.8, 4) is 5.75 Å². The Hall–Kier alpha value is -1.34. The first-order chi connectivity index (χ1) is 16.1. The molecule has 5 nitrogen and oxygen atoms in total. The first-order valence-corrected chi connectivity index (χ1v) is 14.3. The summed E-state index contributed by atoms with van der Waals surface area (Å²) in [6.45, 7) is 20.6. The molecule has 0 atom stereocenters. The van der Waals surface area contributed by atoms with Crippen LogP contribution < -0.4 is 9.46 Å². The average molecular weight is 525 g/mol. The van der Waals surface area contributed by atoms with Gasteiger partial charge in [-0.15, -0.1) is 0 Å². The zero-order chi connectivity index (χ0) is 26.7. The van der Waals surface area contributed by atoms with E-state index in [1.807, 2.05) is 45.9 Å². The van der Waals surface area contributed by atoms with Crippen molar-refractivity contribution in [2.24, 2.45) is 0 Å². The second-order valence-corrected chi connectivity index (χ2v) is 12.7. The summed E-state index contributed by atoms with van der Waals surface area (Å²) >= 11 is 0. The molecule has 0 aliphatic rings. The molecule has 0 aromatic heterocycles. The molecule has 0 aliphatic heterocycles. The quantitative estimate of drug-likeness (QED) is 0.344. The van der Waals surface area contributed by atoms with E-state index in [0.717, 1.165) is 27.8 Å². The van der Waals surface area contributed by atoms with E-state index in [1.54, 1.807) is 0 Å². The largest absolute Gasteiger partial charge is 0.426 e. The van der Waals surface area contributed by atoms with Gasteiger partial charge in [-0.1, -0.05) is 99.6 Å². The molecule has 1 radical (unpaired) electrons. The zero-order valence-electron chi connectivity index (χ0n) is 24.0. The molecule has 0 aliphatic carbocycles. The number of ether oxygens (including phenoxy) is 1. The monoisotopic (exact) mass is 524 g/mol. The number of amides is 1. The molecule has 0 saturated carbocycles. The van der Waals surface area contributed by atoms with Crippen molar-refractivity contribution in [2.45, 2.75) is 105 Å². The average Bonchev–Trinajstić information content (AvgIpc) is 2.72. The minimum absolute atomic E-state index is 0. The first-order valence-electron chi connectivity index (χ1n) is 12.7. The van der Waals surface area contributed by atoms with Gasteiger partial charge in [-0.3, -0.25) is 0 Å². The van der Waals surface area contributed by atoms with Gasteiger partial charge in [0.25, 0.3) is 0 Å². The molecule has 195 valence electrons. The second kappa shape index (κ2) is 13.5. The number of benzene rings is 2. The third-order valence-electron chi connectivity index (χ3n) is 6.34. The Balaban J connectivity index is 0.00000648. The van der Waals surface area contributed by atoms with E-state index >= 15 is 0 Å². The molecule has 2 aromatic rings. The normalized spacial score (nSPS) is 12.0. The molecule has 7 heteroatoms. The summed E-state index contributed by atoms with van der Waals surface area (Å²) in [6.07, 6.45) is -0.976. The molecule has 0 unspecified atom stereocenters. The van der Waals surface area contributed by atoms with Gasteiger partial charge in [0.05, 0.1) is 5.75 Å². The Morgan fingerprint density at radius 3 is 1.53 bits per heavy atom. The summed E-state index contributed by atoms with van der Waals surface area (Å²) in [6, 6.07) is 9.98. The van der Waals surface area contributed by atoms with Crippen LogP contribution in [0, 0.1) is 0 Å². The van der Waals surface area contributed by atoms with Gasteiger partial charge >= 0.3 is 6.09 Å². The number of carbonyl (C=O) groups excluding carboxylic acids is 1. The standard InChI is InChI=1S/C29H43NO4S.Na/c1-17(2)22-14-25(20(7)8)27(26(15-22)21(9)10)16-35(32,33)30-29(31)34-28-23(18(3)4)12-11-13-24(28)19(5)6;/h11-15,17-21H,16H2,1-10H3,(H,30,31);. The van der Waals surface area contributed by atoms with E-state index in [2.05, 4.69) is 58.4 Å². The molecular formula is C29H43NNaO4S. The van der Waals surface area contributed by atoms with Crippen molar-refractivity contribution in [3.05, 3.63) is 63.7 Å². The van der Waals surface area contributed by atoms with Gasteiger partial charge in [0.1, 0.15) is 5.75 Å². The van der Waals surface area contributed by atoms with Crippen molar-refractivity contribution in [2.75, 3.05) is 0 Å². The summed E-state index contributed by atoms with van der Waals surface area (Å²) in [7, 11) is -3.99. The number of nitrogens with one attached hydrogen (secondary N) is 1. The molecule has 1 N–H and O–H groups in total. The van der Waals surface area contributed by atoms with Gasteiger partial charge in [0.2, 0.25) is 10.0 Å². The first kappa shape index (κ1) is 32.7. The fourth-order valence-corrected chi connectivity index (χ4v) is 5.42. The third kappa shape index (κ3) is 8.34. The summed E-state index contributed by atoms with van der Waals surface area (Å²) in [4.78, 5) is 12.8. The molecule has 0 fully saturated rings. The zero-order valence-corrected chi connectivity index (χ0v) is 26.8. The molecule has 0 heterocycles. The molecule has 1 amide bonds. The van der Waals surface area contributed by atoms with Gasteiger partial charge < -0.3 is 4.74 Å². The van der Waals surface area contributed by atoms with Crippen LogP contribution in [0.3, 0.4) is 0 Å². The van der Waals surface area contributed by atoms with Crippen LogP contribution in [0.5, 0.6) is 5.75 Å². The summed E-state index contributed by atoms with van der Waals surface area (Å²) in [5, 5.41) is 0. The minimum atomic E-state index is -3.99. The van der Waals surface area contributed by atoms with E-state index in [0.29, 0.717) is 11.7 Å². The van der Waals surface area contributed by atoms with E-state index in [9.17, 15) is 13.2 Å². The van der Waals surface area contributed by atoms with Crippen LogP contribution in [0.15, 0.2) is 30.3 Å². The van der Waals surface area contributed by atoms with Gasteiger partial charge in [-0.25, -0.2) is 17.9 Å². The second-order valence-electron chi connectivity index (χ2n) is 11.0. The fraction of sp³-hybridized carbons (Fsp3) is 0.552. The Labute approximate surface area is 241 Å². The van der Waals surface area contributed by atoms with E-state index in [1.165, 1.54) is 5.56 Å². The van der Waals surface area contributed by atoms with Gasteiger partial charge in [-0.2, -0.15) is 0 Å². The number of rotatable bonds is 9. The van der Waals surface area contributed by atoms with Gasteiger partial charge in [0, 0.05) is 29.6 Å². The maximum atomic E-state index is 13.2. The summed E-state index contributed by atoms with van der Waals surface area (Å²) in [5.41, 5.74) is 5.72. The number of para-hydroxylation sites is 1. The number of hydrogen-bond acceptors (Lipinski definition) is 4. The van der Waals surface area contributed by atoms with Gasteiger partial charge in [0.15, 0.2) is 0 Å². The summed E-state index contributed by atoms with van der Waals surface area (Å²) < 4.78 is 34.2. The predicted octanol–water partition coefficient (Wildman–Crippen LogP) is 7.54. The van der Waals surface area contributed by atoms with Crippen LogP contribution in [0.25, 0.3) is 0 Å². The van der Waals surface area contributed by atoms with Crippen LogP contribution >= 0.6 is 0 Å². The Morgan fingerprint density at radius 1 is 0.750 bits per heavy atom. The van der Waals surface area contributed by atoms with Crippen molar-refractivity contribution in [1.82, 2.24) is 4.72 Å². The predicted molar refractivity (Wildman–Crippen MR) is 151 cm³/mol. The number of hydrogen-bond donors (Lipinski definition) is 1. The van der Waals surface area contributed by atoms with Crippen molar-refractivity contribution in [1.29, 1.82) is 0 Å². The molecule has 36 heavy (non-hydrogen) atoms. The smallest absolute Gasteiger partial charge is 0.409 e. The maximum Gasteiger partial charge on any atom is 0.426 e. The van der Waals surface area contributed by atoms with E-state index in [4.69, 9.17) is 4.74 Å². The summed E-state index contributed by atoms with van der Waals surface area (Å²) in [5.74, 6) is 1.04. The van der Waals surface area contributed by atoms with Crippen LogP contribution in [-0.2, 0) is 15.8 Å². The minimum Gasteiger partial charge on any atom is -0.409 e. The molecule has 0 spiro atoms. The number of sulfonamides is 1. The molecular weight excluding hydrogens is 481 g/mol. The topological polar surface area (TPSA) is 72.5 Å². The SMILES string of the molecule is CC(C)c1cc(C(C)C)c(CS(=O)(=O)NC(=O)Oc2c(C(C)C)cccc2C(C)C)c(C(C)C)c1.[Na]. The fourth-order valence-electron chi connectivity index (χ4n) is 4.34. The van der Waals surface area contributed by atoms with Crippen LogP contribution in [0.1, 0.15) is 132 Å². The van der Waals surface area contributed by atoms with Crippen LogP contribution in [0.4, 0.5) is 4.79 Å². The van der Waals surface area contributed by atoms with E-state index in [-0.39, 0.29) is 59.0 Å². The van der Waals surface area contributed by atoms with Crippen molar-refractivity contribution in [3.63, 3.8) is 0 Å². The molecule has 2 rings (SSSR count). The maximum absolute atomic E-state index is 13.2. The Kier molecular flexibility index (Phi) is 12.2.